The first-order valence-corrected chi connectivity index (χ1v) is 9.19. The van der Waals surface area contributed by atoms with Crippen LogP contribution in [0.4, 0.5) is 0 Å². The normalized spacial score (nSPS) is 20.8. The van der Waals surface area contributed by atoms with Gasteiger partial charge in [-0.25, -0.2) is 8.42 Å². The summed E-state index contributed by atoms with van der Waals surface area (Å²) in [7, 11) is -3.38. The Bertz CT molecular complexity index is 633. The zero-order chi connectivity index (χ0) is 15.9. The van der Waals surface area contributed by atoms with Crippen LogP contribution in [0.3, 0.4) is 0 Å². The number of sulfonamides is 1. The van der Waals surface area contributed by atoms with Crippen LogP contribution >= 0.6 is 0 Å². The highest BCUT2D eigenvalue weighted by Gasteiger charge is 2.32. The van der Waals surface area contributed by atoms with Gasteiger partial charge in [0.1, 0.15) is 0 Å². The van der Waals surface area contributed by atoms with Gasteiger partial charge in [0.15, 0.2) is 0 Å². The Morgan fingerprint density at radius 2 is 1.38 bits per heavy atom. The molecule has 0 saturated carbocycles. The van der Waals surface area contributed by atoms with E-state index in [4.69, 9.17) is 0 Å². The second kappa shape index (κ2) is 5.73. The second-order valence-corrected chi connectivity index (χ2v) is 8.44. The van der Waals surface area contributed by atoms with Crippen molar-refractivity contribution < 1.29 is 8.42 Å². The fraction of sp³-hybridized carbons (Fsp3) is 0.647. The number of rotatable bonds is 2. The van der Waals surface area contributed by atoms with Gasteiger partial charge >= 0.3 is 0 Å². The predicted molar refractivity (Wildman–Crippen MR) is 87.3 cm³/mol. The van der Waals surface area contributed by atoms with Gasteiger partial charge in [-0.05, 0) is 81.2 Å². The van der Waals surface area contributed by atoms with E-state index in [1.807, 2.05) is 27.7 Å². The quantitative estimate of drug-likeness (QED) is 0.836. The molecule has 0 aliphatic carbocycles. The van der Waals surface area contributed by atoms with Gasteiger partial charge in [0, 0.05) is 13.1 Å². The van der Waals surface area contributed by atoms with Gasteiger partial charge in [0.25, 0.3) is 0 Å². The van der Waals surface area contributed by atoms with Crippen LogP contribution in [-0.4, -0.2) is 25.8 Å². The minimum atomic E-state index is -3.38. The molecule has 21 heavy (non-hydrogen) atoms. The highest BCUT2D eigenvalue weighted by Crippen LogP contribution is 2.33. The molecule has 0 N–H and O–H groups in total. The molecule has 1 aromatic carbocycles. The van der Waals surface area contributed by atoms with E-state index in [1.165, 1.54) is 5.56 Å². The van der Waals surface area contributed by atoms with Gasteiger partial charge in [0.05, 0.1) is 4.90 Å². The predicted octanol–water partition coefficient (Wildman–Crippen LogP) is 3.65. The number of hydrogen-bond donors (Lipinski definition) is 0. The van der Waals surface area contributed by atoms with Crippen LogP contribution in [0.2, 0.25) is 0 Å². The maximum absolute atomic E-state index is 13.1. The van der Waals surface area contributed by atoms with Crippen molar-refractivity contribution in [1.82, 2.24) is 4.31 Å². The maximum Gasteiger partial charge on any atom is 0.243 e. The van der Waals surface area contributed by atoms with Gasteiger partial charge in [-0.1, -0.05) is 6.92 Å². The highest BCUT2D eigenvalue weighted by molar-refractivity contribution is 7.89. The zero-order valence-corrected chi connectivity index (χ0v) is 14.9. The van der Waals surface area contributed by atoms with Crippen molar-refractivity contribution in [3.8, 4) is 0 Å². The minimum absolute atomic E-state index is 0.446. The summed E-state index contributed by atoms with van der Waals surface area (Å²) < 4.78 is 27.9. The molecule has 4 heteroatoms. The van der Waals surface area contributed by atoms with Crippen LogP contribution in [0.1, 0.15) is 47.6 Å². The van der Waals surface area contributed by atoms with Crippen molar-refractivity contribution in [3.63, 3.8) is 0 Å². The van der Waals surface area contributed by atoms with Gasteiger partial charge in [-0.2, -0.15) is 4.31 Å². The summed E-state index contributed by atoms with van der Waals surface area (Å²) in [5.74, 6) is 0.446. The Balaban J connectivity index is 2.60. The first-order chi connectivity index (χ1) is 9.67. The molecule has 1 fully saturated rings. The van der Waals surface area contributed by atoms with E-state index in [0.717, 1.165) is 35.1 Å². The Morgan fingerprint density at radius 1 is 0.905 bits per heavy atom. The third kappa shape index (κ3) is 2.76. The van der Waals surface area contributed by atoms with Crippen LogP contribution in [0.5, 0.6) is 0 Å². The summed E-state index contributed by atoms with van der Waals surface area (Å²) in [6, 6.07) is 0. The molecule has 0 radical (unpaired) electrons. The summed E-state index contributed by atoms with van der Waals surface area (Å²) in [5.41, 5.74) is 5.22. The molecule has 2 rings (SSSR count). The molecule has 1 heterocycles. The Morgan fingerprint density at radius 3 is 1.86 bits per heavy atom. The molecule has 1 atom stereocenters. The lowest BCUT2D eigenvalue weighted by Crippen LogP contribution is -2.39. The molecular formula is C17H27NO2S. The lowest BCUT2D eigenvalue weighted by Gasteiger charge is -2.31. The first-order valence-electron chi connectivity index (χ1n) is 7.75. The first kappa shape index (κ1) is 16.5. The van der Waals surface area contributed by atoms with Crippen LogP contribution in [0.15, 0.2) is 4.90 Å². The summed E-state index contributed by atoms with van der Waals surface area (Å²) in [6.45, 7) is 13.4. The number of hydrogen-bond acceptors (Lipinski definition) is 2. The van der Waals surface area contributed by atoms with Crippen LogP contribution < -0.4 is 0 Å². The maximum atomic E-state index is 13.1. The molecule has 1 unspecified atom stereocenters. The van der Waals surface area contributed by atoms with Crippen LogP contribution in [-0.2, 0) is 10.0 Å². The summed E-state index contributed by atoms with van der Waals surface area (Å²) in [6.07, 6.45) is 2.08. The summed E-state index contributed by atoms with van der Waals surface area (Å²) in [5, 5.41) is 0. The standard InChI is InChI=1S/C17H27NO2S/c1-11-8-7-9-18(10-11)21(19,20)17-15(5)13(3)12(2)14(4)16(17)6/h11H,7-10H2,1-6H3. The van der Waals surface area contributed by atoms with E-state index >= 15 is 0 Å². The van der Waals surface area contributed by atoms with E-state index in [1.54, 1.807) is 4.31 Å². The monoisotopic (exact) mass is 309 g/mol. The van der Waals surface area contributed by atoms with Crippen LogP contribution in [0, 0.1) is 40.5 Å². The molecule has 1 aliphatic rings. The second-order valence-electron chi connectivity index (χ2n) is 6.56. The topological polar surface area (TPSA) is 37.4 Å². The molecule has 1 aliphatic heterocycles. The fourth-order valence-corrected chi connectivity index (χ4v) is 5.50. The molecule has 0 aromatic heterocycles. The Labute approximate surface area is 129 Å². The molecule has 0 amide bonds. The smallest absolute Gasteiger partial charge is 0.207 e. The lowest BCUT2D eigenvalue weighted by atomic mass is 9.95. The van der Waals surface area contributed by atoms with Gasteiger partial charge < -0.3 is 0 Å². The third-order valence-electron chi connectivity index (χ3n) is 5.15. The SMILES string of the molecule is Cc1c(C)c(C)c(S(=O)(=O)N2CCCC(C)C2)c(C)c1C. The fourth-order valence-electron chi connectivity index (χ4n) is 3.35. The zero-order valence-electron chi connectivity index (χ0n) is 14.1. The Hall–Kier alpha value is -0.870. The number of benzene rings is 1. The molecule has 1 aromatic rings. The number of nitrogens with zero attached hydrogens (tertiary/aromatic N) is 1. The molecule has 3 nitrogen and oxygen atoms in total. The average molecular weight is 309 g/mol. The van der Waals surface area contributed by atoms with E-state index < -0.39 is 10.0 Å². The molecular weight excluding hydrogens is 282 g/mol. The number of piperidine rings is 1. The molecule has 118 valence electrons. The van der Waals surface area contributed by atoms with Gasteiger partial charge in [-0.15, -0.1) is 0 Å². The van der Waals surface area contributed by atoms with Crippen molar-refractivity contribution >= 4 is 10.0 Å². The van der Waals surface area contributed by atoms with Crippen molar-refractivity contribution in [3.05, 3.63) is 27.8 Å². The third-order valence-corrected chi connectivity index (χ3v) is 7.29. The summed E-state index contributed by atoms with van der Waals surface area (Å²) >= 11 is 0. The Kier molecular flexibility index (Phi) is 4.50. The van der Waals surface area contributed by atoms with Gasteiger partial charge in [-0.3, -0.25) is 0 Å². The van der Waals surface area contributed by atoms with Crippen molar-refractivity contribution in [2.75, 3.05) is 13.1 Å². The van der Waals surface area contributed by atoms with E-state index in [9.17, 15) is 8.42 Å². The highest BCUT2D eigenvalue weighted by atomic mass is 32.2. The van der Waals surface area contributed by atoms with E-state index in [2.05, 4.69) is 13.8 Å². The minimum Gasteiger partial charge on any atom is -0.207 e. The largest absolute Gasteiger partial charge is 0.243 e. The lowest BCUT2D eigenvalue weighted by molar-refractivity contribution is 0.281. The van der Waals surface area contributed by atoms with E-state index in [0.29, 0.717) is 23.9 Å². The average Bonchev–Trinajstić information content (AvgIpc) is 2.43. The van der Waals surface area contributed by atoms with Gasteiger partial charge in [0.2, 0.25) is 10.0 Å². The molecule has 1 saturated heterocycles. The van der Waals surface area contributed by atoms with Crippen molar-refractivity contribution in [1.29, 1.82) is 0 Å². The van der Waals surface area contributed by atoms with Crippen LogP contribution in [0.25, 0.3) is 0 Å². The van der Waals surface area contributed by atoms with Crippen molar-refractivity contribution in [2.45, 2.75) is 59.3 Å². The summed E-state index contributed by atoms with van der Waals surface area (Å²) in [4.78, 5) is 0.539. The molecule has 0 bridgehead atoms. The molecule has 0 spiro atoms. The van der Waals surface area contributed by atoms with E-state index in [-0.39, 0.29) is 0 Å². The van der Waals surface area contributed by atoms with Crippen molar-refractivity contribution in [2.24, 2.45) is 5.92 Å².